The van der Waals surface area contributed by atoms with E-state index in [-0.39, 0.29) is 17.7 Å². The molecule has 0 bridgehead atoms. The van der Waals surface area contributed by atoms with E-state index in [9.17, 15) is 9.59 Å². The first kappa shape index (κ1) is 22.9. The molecule has 3 rings (SSSR count). The van der Waals surface area contributed by atoms with Crippen LogP contribution in [0.4, 0.5) is 0 Å². The first-order chi connectivity index (χ1) is 14.8. The SMILES string of the molecule is CCN(CC)C(=O)c1cnc(C)nc1C1CCC(CNC(=O)c2oc(C)nc2C)CC1. The Balaban J connectivity index is 1.62. The lowest BCUT2D eigenvalue weighted by Crippen LogP contribution is -2.33. The van der Waals surface area contributed by atoms with Crippen LogP contribution in [0, 0.1) is 26.7 Å². The van der Waals surface area contributed by atoms with Gasteiger partial charge in [-0.3, -0.25) is 9.59 Å². The Bertz CT molecular complexity index is 927. The van der Waals surface area contributed by atoms with Gasteiger partial charge in [0.2, 0.25) is 5.76 Å². The van der Waals surface area contributed by atoms with E-state index in [0.717, 1.165) is 31.4 Å². The van der Waals surface area contributed by atoms with Crippen LogP contribution in [0.2, 0.25) is 0 Å². The maximum absolute atomic E-state index is 13.0. The quantitative estimate of drug-likeness (QED) is 0.725. The topological polar surface area (TPSA) is 101 Å². The van der Waals surface area contributed by atoms with Crippen LogP contribution < -0.4 is 5.32 Å². The molecule has 1 N–H and O–H groups in total. The standard InChI is InChI=1S/C23H33N5O3/c1-6-28(7-2)23(30)19-13-24-15(4)27-20(19)18-10-8-17(9-11-18)12-25-22(29)21-14(3)26-16(5)31-21/h13,17-18H,6-12H2,1-5H3,(H,25,29). The molecule has 1 fully saturated rings. The molecule has 2 aromatic heterocycles. The molecule has 1 saturated carbocycles. The van der Waals surface area contributed by atoms with Crippen LogP contribution >= 0.6 is 0 Å². The van der Waals surface area contributed by atoms with Gasteiger partial charge in [0.1, 0.15) is 5.82 Å². The van der Waals surface area contributed by atoms with E-state index in [0.29, 0.717) is 54.3 Å². The first-order valence-electron chi connectivity index (χ1n) is 11.2. The molecule has 1 aliphatic rings. The zero-order valence-corrected chi connectivity index (χ0v) is 19.2. The van der Waals surface area contributed by atoms with Crippen LogP contribution in [-0.4, -0.2) is 51.3 Å². The van der Waals surface area contributed by atoms with Crippen LogP contribution in [0.3, 0.4) is 0 Å². The predicted octanol–water partition coefficient (Wildman–Crippen LogP) is 3.58. The van der Waals surface area contributed by atoms with E-state index in [1.807, 2.05) is 25.7 Å². The molecule has 2 amide bonds. The van der Waals surface area contributed by atoms with Crippen LogP contribution in [0.5, 0.6) is 0 Å². The van der Waals surface area contributed by atoms with Gasteiger partial charge in [-0.1, -0.05) is 0 Å². The second-order valence-electron chi connectivity index (χ2n) is 8.27. The second kappa shape index (κ2) is 10.0. The zero-order valence-electron chi connectivity index (χ0n) is 19.2. The molecule has 1 aliphatic carbocycles. The van der Waals surface area contributed by atoms with Gasteiger partial charge in [0, 0.05) is 38.7 Å². The van der Waals surface area contributed by atoms with Crippen molar-refractivity contribution in [3.05, 3.63) is 40.6 Å². The number of carbonyl (C=O) groups excluding carboxylic acids is 2. The highest BCUT2D eigenvalue weighted by Gasteiger charge is 2.29. The Labute approximate surface area is 183 Å². The molecule has 0 saturated heterocycles. The van der Waals surface area contributed by atoms with Gasteiger partial charge in [-0.25, -0.2) is 15.0 Å². The van der Waals surface area contributed by atoms with Gasteiger partial charge >= 0.3 is 0 Å². The van der Waals surface area contributed by atoms with Crippen molar-refractivity contribution >= 4 is 11.8 Å². The van der Waals surface area contributed by atoms with Crippen molar-refractivity contribution in [1.82, 2.24) is 25.2 Å². The van der Waals surface area contributed by atoms with Gasteiger partial charge in [0.05, 0.1) is 17.0 Å². The molecule has 0 radical (unpaired) electrons. The molecule has 0 aromatic carbocycles. The molecule has 2 aromatic rings. The van der Waals surface area contributed by atoms with E-state index in [1.165, 1.54) is 0 Å². The Hall–Kier alpha value is -2.77. The summed E-state index contributed by atoms with van der Waals surface area (Å²) in [6.45, 7) is 11.3. The molecule has 168 valence electrons. The molecule has 0 atom stereocenters. The summed E-state index contributed by atoms with van der Waals surface area (Å²) >= 11 is 0. The second-order valence-corrected chi connectivity index (χ2v) is 8.27. The molecule has 8 heteroatoms. The first-order valence-corrected chi connectivity index (χ1v) is 11.2. The summed E-state index contributed by atoms with van der Waals surface area (Å²) < 4.78 is 5.40. The van der Waals surface area contributed by atoms with Crippen molar-refractivity contribution in [2.75, 3.05) is 19.6 Å². The fourth-order valence-electron chi connectivity index (χ4n) is 4.34. The number of oxazole rings is 1. The van der Waals surface area contributed by atoms with Crippen molar-refractivity contribution in [2.45, 2.75) is 66.2 Å². The summed E-state index contributed by atoms with van der Waals surface area (Å²) in [4.78, 5) is 40.3. The zero-order chi connectivity index (χ0) is 22.5. The minimum absolute atomic E-state index is 0.00658. The van der Waals surface area contributed by atoms with Gasteiger partial charge < -0.3 is 14.6 Å². The molecular formula is C23H33N5O3. The van der Waals surface area contributed by atoms with E-state index in [4.69, 9.17) is 4.42 Å². The maximum Gasteiger partial charge on any atom is 0.289 e. The summed E-state index contributed by atoms with van der Waals surface area (Å²) in [7, 11) is 0. The Morgan fingerprint density at radius 2 is 1.77 bits per heavy atom. The van der Waals surface area contributed by atoms with Crippen molar-refractivity contribution in [3.63, 3.8) is 0 Å². The van der Waals surface area contributed by atoms with Crippen LogP contribution in [0.25, 0.3) is 0 Å². The van der Waals surface area contributed by atoms with E-state index < -0.39 is 0 Å². The normalized spacial score (nSPS) is 18.6. The van der Waals surface area contributed by atoms with Crippen molar-refractivity contribution < 1.29 is 14.0 Å². The lowest BCUT2D eigenvalue weighted by Gasteiger charge is -2.30. The summed E-state index contributed by atoms with van der Waals surface area (Å²) in [5.74, 6) is 1.92. The van der Waals surface area contributed by atoms with Gasteiger partial charge in [0.25, 0.3) is 11.8 Å². The fourth-order valence-corrected chi connectivity index (χ4v) is 4.34. The molecule has 31 heavy (non-hydrogen) atoms. The number of hydrogen-bond acceptors (Lipinski definition) is 6. The number of amides is 2. The smallest absolute Gasteiger partial charge is 0.289 e. The minimum atomic E-state index is -0.209. The average Bonchev–Trinajstić information content (AvgIpc) is 3.11. The highest BCUT2D eigenvalue weighted by atomic mass is 16.4. The Morgan fingerprint density at radius 3 is 2.35 bits per heavy atom. The lowest BCUT2D eigenvalue weighted by molar-refractivity contribution is 0.0769. The predicted molar refractivity (Wildman–Crippen MR) is 117 cm³/mol. The highest BCUT2D eigenvalue weighted by Crippen LogP contribution is 2.36. The third-order valence-corrected chi connectivity index (χ3v) is 6.11. The van der Waals surface area contributed by atoms with Crippen LogP contribution in [-0.2, 0) is 0 Å². The average molecular weight is 428 g/mol. The summed E-state index contributed by atoms with van der Waals surface area (Å²) in [5, 5.41) is 2.99. The monoisotopic (exact) mass is 427 g/mol. The van der Waals surface area contributed by atoms with Gasteiger partial charge in [-0.15, -0.1) is 0 Å². The van der Waals surface area contributed by atoms with E-state index in [1.54, 1.807) is 20.0 Å². The molecule has 0 aliphatic heterocycles. The minimum Gasteiger partial charge on any atom is -0.436 e. The fraction of sp³-hybridized carbons (Fsp3) is 0.609. The molecule has 0 unspecified atom stereocenters. The Morgan fingerprint density at radius 1 is 1.10 bits per heavy atom. The van der Waals surface area contributed by atoms with Crippen LogP contribution in [0.15, 0.2) is 10.6 Å². The molecule has 0 spiro atoms. The number of carbonyl (C=O) groups is 2. The number of rotatable bonds is 7. The largest absolute Gasteiger partial charge is 0.436 e. The molecule has 2 heterocycles. The number of aromatic nitrogens is 3. The van der Waals surface area contributed by atoms with Crippen molar-refractivity contribution in [3.8, 4) is 0 Å². The Kier molecular flexibility index (Phi) is 7.41. The summed E-state index contributed by atoms with van der Waals surface area (Å²) in [5.41, 5.74) is 2.12. The van der Waals surface area contributed by atoms with Gasteiger partial charge in [-0.05, 0) is 59.3 Å². The summed E-state index contributed by atoms with van der Waals surface area (Å²) in [6.07, 6.45) is 5.51. The molecule has 8 nitrogen and oxygen atoms in total. The van der Waals surface area contributed by atoms with Crippen molar-refractivity contribution in [1.29, 1.82) is 0 Å². The number of aryl methyl sites for hydroxylation is 3. The number of hydrogen-bond donors (Lipinski definition) is 1. The number of nitrogens with zero attached hydrogens (tertiary/aromatic N) is 4. The third kappa shape index (κ3) is 5.29. The van der Waals surface area contributed by atoms with Crippen LogP contribution in [0.1, 0.15) is 89.5 Å². The maximum atomic E-state index is 13.0. The van der Waals surface area contributed by atoms with E-state index >= 15 is 0 Å². The van der Waals surface area contributed by atoms with Crippen molar-refractivity contribution in [2.24, 2.45) is 5.92 Å². The highest BCUT2D eigenvalue weighted by molar-refractivity contribution is 5.95. The van der Waals surface area contributed by atoms with Gasteiger partial charge in [-0.2, -0.15) is 0 Å². The number of nitrogens with one attached hydrogen (secondary N) is 1. The third-order valence-electron chi connectivity index (χ3n) is 6.11. The molecular weight excluding hydrogens is 394 g/mol. The van der Waals surface area contributed by atoms with Gasteiger partial charge in [0.15, 0.2) is 5.89 Å². The van der Waals surface area contributed by atoms with E-state index in [2.05, 4.69) is 20.3 Å². The summed E-state index contributed by atoms with van der Waals surface area (Å²) in [6, 6.07) is 0. The lowest BCUT2D eigenvalue weighted by atomic mass is 9.79.